The minimum Gasteiger partial charge on any atom is -0.490 e. The van der Waals surface area contributed by atoms with Crippen molar-refractivity contribution in [1.29, 1.82) is 0 Å². The van der Waals surface area contributed by atoms with Crippen molar-refractivity contribution in [2.24, 2.45) is 0 Å². The van der Waals surface area contributed by atoms with E-state index in [-0.39, 0.29) is 11.6 Å². The van der Waals surface area contributed by atoms with Crippen LogP contribution in [-0.4, -0.2) is 29.4 Å². The van der Waals surface area contributed by atoms with Crippen LogP contribution in [0, 0.1) is 10.1 Å². The number of nitrogens with zero attached hydrogens (tertiary/aromatic N) is 2. The Kier molecular flexibility index (Phi) is 5.68. The molecule has 0 radical (unpaired) electrons. The average molecular weight is 326 g/mol. The Bertz CT molecular complexity index is 724. The zero-order valence-electron chi connectivity index (χ0n) is 13.3. The molecule has 0 fully saturated rings. The highest BCUT2D eigenvalue weighted by molar-refractivity contribution is 5.94. The summed E-state index contributed by atoms with van der Waals surface area (Å²) in [5, 5.41) is 10.6. The number of nitro groups is 1. The Morgan fingerprint density at radius 3 is 2.38 bits per heavy atom. The lowest BCUT2D eigenvalue weighted by molar-refractivity contribution is -0.384. The lowest BCUT2D eigenvalue weighted by Gasteiger charge is -2.17. The van der Waals surface area contributed by atoms with Crippen molar-refractivity contribution in [3.63, 3.8) is 0 Å². The van der Waals surface area contributed by atoms with Gasteiger partial charge in [-0.3, -0.25) is 14.9 Å². The van der Waals surface area contributed by atoms with Gasteiger partial charge in [-0.1, -0.05) is 24.8 Å². The van der Waals surface area contributed by atoms with Crippen LogP contribution in [0.3, 0.4) is 0 Å². The number of ether oxygens (including phenoxy) is 1. The molecule has 0 atom stereocenters. The molecule has 2 rings (SSSR count). The predicted octanol–water partition coefficient (Wildman–Crippen LogP) is 3.43. The highest BCUT2D eigenvalue weighted by atomic mass is 16.6. The zero-order chi connectivity index (χ0) is 17.5. The topological polar surface area (TPSA) is 72.7 Å². The van der Waals surface area contributed by atoms with Gasteiger partial charge in [-0.15, -0.1) is 0 Å². The predicted molar refractivity (Wildman–Crippen MR) is 91.0 cm³/mol. The van der Waals surface area contributed by atoms with E-state index in [1.165, 1.54) is 24.3 Å². The molecule has 0 aromatic heterocycles. The Morgan fingerprint density at radius 1 is 1.21 bits per heavy atom. The molecule has 0 aliphatic carbocycles. The van der Waals surface area contributed by atoms with Crippen LogP contribution >= 0.6 is 0 Å². The quantitative estimate of drug-likeness (QED) is 0.444. The van der Waals surface area contributed by atoms with Gasteiger partial charge in [0.1, 0.15) is 12.4 Å². The summed E-state index contributed by atoms with van der Waals surface area (Å²) in [5.74, 6) is 0.542. The fourth-order valence-electron chi connectivity index (χ4n) is 2.14. The lowest BCUT2D eigenvalue weighted by atomic mass is 10.1. The standard InChI is InChI=1S/C18H18N2O4/c1-3-12-24-17-10-4-14(5-11-17)13-19(2)18(21)15-6-8-16(9-7-15)20(22)23/h3-11H,1,12-13H2,2H3. The summed E-state index contributed by atoms with van der Waals surface area (Å²) in [6, 6.07) is 13.0. The molecule has 0 saturated carbocycles. The van der Waals surface area contributed by atoms with Gasteiger partial charge in [-0.05, 0) is 29.8 Å². The van der Waals surface area contributed by atoms with Gasteiger partial charge < -0.3 is 9.64 Å². The molecule has 2 aromatic rings. The second kappa shape index (κ2) is 7.92. The van der Waals surface area contributed by atoms with Crippen LogP contribution in [0.5, 0.6) is 5.75 Å². The maximum Gasteiger partial charge on any atom is 0.269 e. The maximum atomic E-state index is 12.4. The zero-order valence-corrected chi connectivity index (χ0v) is 13.3. The minimum absolute atomic E-state index is 0.0377. The first-order valence-corrected chi connectivity index (χ1v) is 7.34. The summed E-state index contributed by atoms with van der Waals surface area (Å²) in [6.45, 7) is 4.46. The van der Waals surface area contributed by atoms with Gasteiger partial charge in [0.15, 0.2) is 0 Å². The summed E-state index contributed by atoms with van der Waals surface area (Å²) in [7, 11) is 1.69. The highest BCUT2D eigenvalue weighted by Gasteiger charge is 2.14. The van der Waals surface area contributed by atoms with Crippen molar-refractivity contribution in [2.45, 2.75) is 6.54 Å². The first-order valence-electron chi connectivity index (χ1n) is 7.34. The molecule has 1 amide bonds. The van der Waals surface area contributed by atoms with E-state index in [9.17, 15) is 14.9 Å². The van der Waals surface area contributed by atoms with Crippen LogP contribution in [0.1, 0.15) is 15.9 Å². The number of rotatable bonds is 7. The molecule has 124 valence electrons. The van der Waals surface area contributed by atoms with Crippen molar-refractivity contribution >= 4 is 11.6 Å². The molecule has 0 spiro atoms. The van der Waals surface area contributed by atoms with E-state index in [2.05, 4.69) is 6.58 Å². The molecule has 0 unspecified atom stereocenters. The summed E-state index contributed by atoms with van der Waals surface area (Å²) in [5.41, 5.74) is 1.33. The molecule has 0 aliphatic rings. The lowest BCUT2D eigenvalue weighted by Crippen LogP contribution is -2.26. The normalized spacial score (nSPS) is 10.0. The third-order valence-corrected chi connectivity index (χ3v) is 3.38. The largest absolute Gasteiger partial charge is 0.490 e. The molecule has 0 bridgehead atoms. The van der Waals surface area contributed by atoms with Crippen molar-refractivity contribution < 1.29 is 14.5 Å². The van der Waals surface area contributed by atoms with E-state index in [4.69, 9.17) is 4.74 Å². The number of amides is 1. The second-order valence-corrected chi connectivity index (χ2v) is 5.21. The van der Waals surface area contributed by atoms with Crippen LogP contribution in [-0.2, 0) is 6.54 Å². The van der Waals surface area contributed by atoms with E-state index >= 15 is 0 Å². The van der Waals surface area contributed by atoms with Crippen molar-refractivity contribution in [3.05, 3.63) is 82.4 Å². The Balaban J connectivity index is 2.00. The van der Waals surface area contributed by atoms with E-state index in [0.29, 0.717) is 18.7 Å². The molecule has 6 heteroatoms. The monoisotopic (exact) mass is 326 g/mol. The number of benzene rings is 2. The highest BCUT2D eigenvalue weighted by Crippen LogP contribution is 2.16. The number of nitro benzene ring substituents is 1. The van der Waals surface area contributed by atoms with Gasteiger partial charge in [0.05, 0.1) is 4.92 Å². The van der Waals surface area contributed by atoms with Gasteiger partial charge in [0.2, 0.25) is 0 Å². The molecule has 6 nitrogen and oxygen atoms in total. The number of carbonyl (C=O) groups excluding carboxylic acids is 1. The fraction of sp³-hybridized carbons (Fsp3) is 0.167. The Hall–Kier alpha value is -3.15. The van der Waals surface area contributed by atoms with E-state index < -0.39 is 4.92 Å². The van der Waals surface area contributed by atoms with E-state index in [1.807, 2.05) is 24.3 Å². The van der Waals surface area contributed by atoms with Crippen LogP contribution in [0.25, 0.3) is 0 Å². The van der Waals surface area contributed by atoms with Crippen molar-refractivity contribution in [1.82, 2.24) is 4.90 Å². The van der Waals surface area contributed by atoms with Gasteiger partial charge >= 0.3 is 0 Å². The van der Waals surface area contributed by atoms with Gasteiger partial charge in [-0.25, -0.2) is 0 Å². The van der Waals surface area contributed by atoms with Crippen molar-refractivity contribution in [2.75, 3.05) is 13.7 Å². The second-order valence-electron chi connectivity index (χ2n) is 5.21. The smallest absolute Gasteiger partial charge is 0.269 e. The fourth-order valence-corrected chi connectivity index (χ4v) is 2.14. The third kappa shape index (κ3) is 4.42. The molecule has 0 N–H and O–H groups in total. The SMILES string of the molecule is C=CCOc1ccc(CN(C)C(=O)c2ccc([N+](=O)[O-])cc2)cc1. The van der Waals surface area contributed by atoms with E-state index in [0.717, 1.165) is 11.3 Å². The average Bonchev–Trinajstić information content (AvgIpc) is 2.60. The molecule has 0 heterocycles. The van der Waals surface area contributed by atoms with Crippen LogP contribution in [0.4, 0.5) is 5.69 Å². The van der Waals surface area contributed by atoms with Crippen LogP contribution < -0.4 is 4.74 Å². The Labute approximate surface area is 140 Å². The number of hydrogen-bond acceptors (Lipinski definition) is 4. The van der Waals surface area contributed by atoms with Gasteiger partial charge in [0.25, 0.3) is 11.6 Å². The van der Waals surface area contributed by atoms with Gasteiger partial charge in [0, 0.05) is 31.3 Å². The molecule has 0 saturated heterocycles. The molecule has 0 aliphatic heterocycles. The van der Waals surface area contributed by atoms with E-state index in [1.54, 1.807) is 18.0 Å². The van der Waals surface area contributed by atoms with Crippen molar-refractivity contribution in [3.8, 4) is 5.75 Å². The number of hydrogen-bond donors (Lipinski definition) is 0. The van der Waals surface area contributed by atoms with Crippen LogP contribution in [0.15, 0.2) is 61.2 Å². The summed E-state index contributed by atoms with van der Waals surface area (Å²) in [6.07, 6.45) is 1.67. The first-order chi connectivity index (χ1) is 11.5. The summed E-state index contributed by atoms with van der Waals surface area (Å²) >= 11 is 0. The Morgan fingerprint density at radius 2 is 1.83 bits per heavy atom. The van der Waals surface area contributed by atoms with Crippen LogP contribution in [0.2, 0.25) is 0 Å². The molecular weight excluding hydrogens is 308 g/mol. The maximum absolute atomic E-state index is 12.4. The first kappa shape index (κ1) is 17.2. The van der Waals surface area contributed by atoms with Gasteiger partial charge in [-0.2, -0.15) is 0 Å². The third-order valence-electron chi connectivity index (χ3n) is 3.38. The molecular formula is C18H18N2O4. The number of carbonyl (C=O) groups is 1. The summed E-state index contributed by atoms with van der Waals surface area (Å²) in [4.78, 5) is 24.1. The molecule has 24 heavy (non-hydrogen) atoms. The molecule has 2 aromatic carbocycles. The number of non-ortho nitro benzene ring substituents is 1. The summed E-state index contributed by atoms with van der Waals surface area (Å²) < 4.78 is 5.41. The minimum atomic E-state index is -0.492.